The van der Waals surface area contributed by atoms with Crippen LogP contribution in [-0.2, 0) is 0 Å². The highest BCUT2D eigenvalue weighted by molar-refractivity contribution is 5.97. The highest BCUT2D eigenvalue weighted by atomic mass is 19.1. The van der Waals surface area contributed by atoms with Gasteiger partial charge in [-0.05, 0) is 38.3 Å². The second-order valence-electron chi connectivity index (χ2n) is 8.38. The van der Waals surface area contributed by atoms with Crippen molar-refractivity contribution in [2.24, 2.45) is 5.92 Å². The van der Waals surface area contributed by atoms with Crippen LogP contribution in [0.1, 0.15) is 42.1 Å². The quantitative estimate of drug-likeness (QED) is 0.695. The molecule has 9 heteroatoms. The first-order chi connectivity index (χ1) is 14.4. The molecule has 0 radical (unpaired) electrons. The van der Waals surface area contributed by atoms with Gasteiger partial charge in [-0.2, -0.15) is 0 Å². The predicted octanol–water partition coefficient (Wildman–Crippen LogP) is 1.69. The number of piperidine rings is 1. The summed E-state index contributed by atoms with van der Waals surface area (Å²) in [6, 6.07) is 1.17. The normalized spacial score (nSPS) is 26.1. The van der Waals surface area contributed by atoms with E-state index in [0.29, 0.717) is 12.1 Å². The van der Waals surface area contributed by atoms with Crippen molar-refractivity contribution in [1.82, 2.24) is 9.88 Å². The Morgan fingerprint density at radius 3 is 2.73 bits per heavy atom. The highest BCUT2D eigenvalue weighted by Gasteiger charge is 2.44. The van der Waals surface area contributed by atoms with Crippen molar-refractivity contribution < 1.29 is 24.1 Å². The number of fused-ring (bicyclic) bond motifs is 2. The van der Waals surface area contributed by atoms with Crippen LogP contribution in [0.2, 0.25) is 0 Å². The molecule has 3 atom stereocenters. The Kier molecular flexibility index (Phi) is 4.48. The van der Waals surface area contributed by atoms with E-state index in [0.717, 1.165) is 38.3 Å². The van der Waals surface area contributed by atoms with Gasteiger partial charge in [-0.25, -0.2) is 9.18 Å². The number of aromatic nitrogens is 1. The maximum Gasteiger partial charge on any atom is 0.341 e. The molecular weight excluding hydrogens is 393 g/mol. The maximum atomic E-state index is 15.4. The molecule has 3 heterocycles. The van der Waals surface area contributed by atoms with Crippen molar-refractivity contribution in [2.45, 2.75) is 44.0 Å². The number of ether oxygens (including phenoxy) is 1. The number of benzene rings is 1. The molecule has 2 saturated heterocycles. The van der Waals surface area contributed by atoms with E-state index in [4.69, 9.17) is 4.74 Å². The lowest BCUT2D eigenvalue weighted by Gasteiger charge is -2.29. The number of rotatable bonds is 4. The molecule has 1 unspecified atom stereocenters. The van der Waals surface area contributed by atoms with Crippen molar-refractivity contribution in [3.63, 3.8) is 0 Å². The summed E-state index contributed by atoms with van der Waals surface area (Å²) in [6.45, 7) is 1.28. The van der Waals surface area contributed by atoms with E-state index < -0.39 is 23.4 Å². The van der Waals surface area contributed by atoms with E-state index in [2.05, 4.69) is 5.32 Å². The molecule has 1 aliphatic carbocycles. The first-order valence-electron chi connectivity index (χ1n) is 10.3. The largest absolute Gasteiger partial charge is 0.492 e. The first-order valence-corrected chi connectivity index (χ1v) is 10.3. The minimum atomic E-state index is -1.34. The molecule has 1 aromatic carbocycles. The fourth-order valence-electron chi connectivity index (χ4n) is 5.01. The number of hydrogen-bond acceptors (Lipinski definition) is 6. The van der Waals surface area contributed by atoms with E-state index >= 15 is 4.39 Å². The van der Waals surface area contributed by atoms with Crippen molar-refractivity contribution in [3.8, 4) is 5.75 Å². The van der Waals surface area contributed by atoms with Crippen LogP contribution in [0.3, 0.4) is 0 Å². The Labute approximate surface area is 171 Å². The monoisotopic (exact) mass is 417 g/mol. The van der Waals surface area contributed by atoms with Gasteiger partial charge in [-0.1, -0.05) is 0 Å². The lowest BCUT2D eigenvalue weighted by Crippen LogP contribution is -2.42. The Bertz CT molecular complexity index is 1100. The van der Waals surface area contributed by atoms with Gasteiger partial charge >= 0.3 is 5.97 Å². The molecule has 0 amide bonds. The number of nitrogens with zero attached hydrogens (tertiary/aromatic N) is 2. The Balaban J connectivity index is 1.75. The van der Waals surface area contributed by atoms with Gasteiger partial charge in [0.15, 0.2) is 11.6 Å². The standard InChI is InChI=1S/C21H24FN3O5/c1-30-19-16-12(18(26)13(21(28)29)8-24(16)10-4-5-10)7-14(22)17(19)25-9-15-11(20(25)27)3-2-6-23-15/h7-8,10-11,15,20,23,27H,2-6,9H2,1H3,(H,28,29)/t11-,15-,20?/m1/s1. The molecule has 0 spiro atoms. The minimum Gasteiger partial charge on any atom is -0.492 e. The van der Waals surface area contributed by atoms with Gasteiger partial charge in [0.05, 0.1) is 18.0 Å². The summed E-state index contributed by atoms with van der Waals surface area (Å²) in [5.41, 5.74) is -0.637. The van der Waals surface area contributed by atoms with Crippen LogP contribution in [0, 0.1) is 11.7 Å². The predicted molar refractivity (Wildman–Crippen MR) is 108 cm³/mol. The average Bonchev–Trinajstić information content (AvgIpc) is 3.52. The molecule has 3 aliphatic rings. The Hall–Kier alpha value is -2.65. The maximum absolute atomic E-state index is 15.4. The molecule has 2 aliphatic heterocycles. The Morgan fingerprint density at radius 1 is 1.33 bits per heavy atom. The first kappa shape index (κ1) is 19.3. The highest BCUT2D eigenvalue weighted by Crippen LogP contribution is 2.46. The number of aliphatic hydroxyl groups excluding tert-OH is 1. The zero-order chi connectivity index (χ0) is 21.2. The number of carboxylic acid groups (broad SMARTS) is 1. The summed E-state index contributed by atoms with van der Waals surface area (Å²) in [5.74, 6) is -1.91. The zero-order valence-electron chi connectivity index (χ0n) is 16.6. The summed E-state index contributed by atoms with van der Waals surface area (Å²) in [6.07, 6.45) is 3.93. The third-order valence-corrected chi connectivity index (χ3v) is 6.59. The van der Waals surface area contributed by atoms with Gasteiger partial charge in [0.25, 0.3) is 0 Å². The molecule has 1 aromatic heterocycles. The smallest absolute Gasteiger partial charge is 0.341 e. The third kappa shape index (κ3) is 2.79. The van der Waals surface area contributed by atoms with Crippen LogP contribution in [0.15, 0.2) is 17.1 Å². The number of pyridine rings is 1. The number of nitrogens with one attached hydrogen (secondary N) is 1. The molecule has 0 bridgehead atoms. The van der Waals surface area contributed by atoms with Gasteiger partial charge in [0.1, 0.15) is 17.5 Å². The molecule has 2 aromatic rings. The zero-order valence-corrected chi connectivity index (χ0v) is 16.6. The molecular formula is C21H24FN3O5. The minimum absolute atomic E-state index is 0.0152. The summed E-state index contributed by atoms with van der Waals surface area (Å²) in [5, 5.41) is 23.7. The van der Waals surface area contributed by atoms with Crippen molar-refractivity contribution >= 4 is 22.6 Å². The molecule has 3 N–H and O–H groups in total. The lowest BCUT2D eigenvalue weighted by atomic mass is 9.93. The van der Waals surface area contributed by atoms with E-state index in [1.54, 1.807) is 9.47 Å². The molecule has 5 rings (SSSR count). The number of halogens is 1. The lowest BCUT2D eigenvalue weighted by molar-refractivity contribution is 0.0694. The summed E-state index contributed by atoms with van der Waals surface area (Å²) in [4.78, 5) is 26.0. The average molecular weight is 417 g/mol. The fraction of sp³-hybridized carbons (Fsp3) is 0.524. The van der Waals surface area contributed by atoms with E-state index in [-0.39, 0.29) is 40.4 Å². The van der Waals surface area contributed by atoms with Crippen LogP contribution in [0.25, 0.3) is 10.9 Å². The second-order valence-corrected chi connectivity index (χ2v) is 8.38. The fourth-order valence-corrected chi connectivity index (χ4v) is 5.01. The van der Waals surface area contributed by atoms with Crippen molar-refractivity contribution in [3.05, 3.63) is 33.9 Å². The Morgan fingerprint density at radius 2 is 2.10 bits per heavy atom. The topological polar surface area (TPSA) is 104 Å². The van der Waals surface area contributed by atoms with Crippen LogP contribution in [0.4, 0.5) is 10.1 Å². The number of aliphatic hydroxyl groups is 1. The summed E-state index contributed by atoms with van der Waals surface area (Å²) >= 11 is 0. The van der Waals surface area contributed by atoms with Crippen molar-refractivity contribution in [1.29, 1.82) is 0 Å². The number of hydrogen-bond donors (Lipinski definition) is 3. The molecule has 1 saturated carbocycles. The molecule has 3 fully saturated rings. The van der Waals surface area contributed by atoms with Gasteiger partial charge in [-0.3, -0.25) is 4.79 Å². The number of anilines is 1. The number of carboxylic acids is 1. The summed E-state index contributed by atoms with van der Waals surface area (Å²) in [7, 11) is 1.40. The van der Waals surface area contributed by atoms with Gasteiger partial charge < -0.3 is 29.7 Å². The number of carbonyl (C=O) groups is 1. The third-order valence-electron chi connectivity index (χ3n) is 6.59. The number of methoxy groups -OCH3 is 1. The molecule has 160 valence electrons. The SMILES string of the molecule is COc1c(N2C[C@H]3NCCC[C@H]3C2O)c(F)cc2c(=O)c(C(=O)O)cn(C3CC3)c12. The van der Waals surface area contributed by atoms with Crippen molar-refractivity contribution in [2.75, 3.05) is 25.1 Å². The van der Waals surface area contributed by atoms with Crippen LogP contribution in [-0.4, -0.2) is 53.2 Å². The van der Waals surface area contributed by atoms with E-state index in [1.807, 2.05) is 0 Å². The van der Waals surface area contributed by atoms with Gasteiger partial charge in [0.2, 0.25) is 5.43 Å². The second kappa shape index (κ2) is 6.95. The molecule has 30 heavy (non-hydrogen) atoms. The number of aromatic carboxylic acids is 1. The van der Waals surface area contributed by atoms with Gasteiger partial charge in [-0.15, -0.1) is 0 Å². The van der Waals surface area contributed by atoms with Gasteiger partial charge in [0, 0.05) is 30.7 Å². The molecule has 8 nitrogen and oxygen atoms in total. The van der Waals surface area contributed by atoms with E-state index in [1.165, 1.54) is 13.3 Å². The van der Waals surface area contributed by atoms with Crippen LogP contribution < -0.4 is 20.4 Å². The van der Waals surface area contributed by atoms with Crippen LogP contribution >= 0.6 is 0 Å². The van der Waals surface area contributed by atoms with E-state index in [9.17, 15) is 19.8 Å². The van der Waals surface area contributed by atoms with Crippen LogP contribution in [0.5, 0.6) is 5.75 Å². The summed E-state index contributed by atoms with van der Waals surface area (Å²) < 4.78 is 22.7.